The quantitative estimate of drug-likeness (QED) is 0.716. The third-order valence-electron chi connectivity index (χ3n) is 5.54. The minimum Gasteiger partial charge on any atom is -0.338 e. The van der Waals surface area contributed by atoms with Gasteiger partial charge in [0.05, 0.1) is 4.90 Å². The Hall–Kier alpha value is -2.38. The summed E-state index contributed by atoms with van der Waals surface area (Å²) in [5.74, 6) is 0. The number of benzene rings is 2. The van der Waals surface area contributed by atoms with Crippen LogP contribution < -0.4 is 10.6 Å². The van der Waals surface area contributed by atoms with Gasteiger partial charge in [-0.15, -0.1) is 0 Å². The van der Waals surface area contributed by atoms with Crippen LogP contribution in [0.3, 0.4) is 0 Å². The molecule has 0 unspecified atom stereocenters. The zero-order chi connectivity index (χ0) is 21.7. The summed E-state index contributed by atoms with van der Waals surface area (Å²) in [6.45, 7) is 6.64. The van der Waals surface area contributed by atoms with Crippen LogP contribution in [0.5, 0.6) is 0 Å². The van der Waals surface area contributed by atoms with Crippen LogP contribution in [0.25, 0.3) is 0 Å². The molecule has 1 fully saturated rings. The predicted octanol–water partition coefficient (Wildman–Crippen LogP) is 4.37. The third kappa shape index (κ3) is 5.21. The molecular weight excluding hydrogens is 398 g/mol. The van der Waals surface area contributed by atoms with Crippen molar-refractivity contribution in [2.24, 2.45) is 0 Å². The fourth-order valence-electron chi connectivity index (χ4n) is 4.32. The van der Waals surface area contributed by atoms with Gasteiger partial charge in [0, 0.05) is 24.8 Å². The van der Waals surface area contributed by atoms with Gasteiger partial charge in [0.15, 0.2) is 0 Å². The zero-order valence-corrected chi connectivity index (χ0v) is 18.8. The lowest BCUT2D eigenvalue weighted by atomic mass is 10.0. The van der Waals surface area contributed by atoms with Crippen LogP contribution in [0.15, 0.2) is 47.4 Å². The van der Waals surface area contributed by atoms with Gasteiger partial charge in [-0.25, -0.2) is 13.2 Å². The second-order valence-corrected chi connectivity index (χ2v) is 9.86. The molecule has 2 amide bonds. The molecule has 0 aromatic heterocycles. The van der Waals surface area contributed by atoms with Gasteiger partial charge in [-0.1, -0.05) is 42.3 Å². The molecule has 162 valence electrons. The van der Waals surface area contributed by atoms with E-state index in [0.29, 0.717) is 24.4 Å². The number of urea groups is 1. The van der Waals surface area contributed by atoms with Crippen LogP contribution in [0.1, 0.15) is 42.4 Å². The number of nitrogens with one attached hydrogen (secondary N) is 2. The number of anilines is 1. The Morgan fingerprint density at radius 1 is 1.07 bits per heavy atom. The maximum absolute atomic E-state index is 13.5. The van der Waals surface area contributed by atoms with Gasteiger partial charge in [-0.05, 0) is 63.3 Å². The average Bonchev–Trinajstić information content (AvgIpc) is 2.68. The van der Waals surface area contributed by atoms with E-state index in [1.165, 1.54) is 0 Å². The molecular formula is C23H31N3O3S. The molecule has 1 saturated heterocycles. The monoisotopic (exact) mass is 429 g/mol. The standard InChI is InChI=1S/C23H31N3O3S/c1-17-15-18(2)22(19(3)16-17)30(28,29)26-14-8-7-11-21(26)12-13-24-23(27)25-20-9-5-4-6-10-20/h4-6,9-10,15-16,21H,7-8,11-14H2,1-3H3,(H2,24,25,27)/t21-/m0/s1. The summed E-state index contributed by atoms with van der Waals surface area (Å²) < 4.78 is 28.7. The highest BCUT2D eigenvalue weighted by Crippen LogP contribution is 2.31. The molecule has 6 nitrogen and oxygen atoms in total. The normalized spacial score (nSPS) is 17.5. The molecule has 0 spiro atoms. The van der Waals surface area contributed by atoms with Crippen molar-refractivity contribution >= 4 is 21.7 Å². The number of hydrogen-bond donors (Lipinski definition) is 2. The second kappa shape index (κ2) is 9.62. The Kier molecular flexibility index (Phi) is 7.15. The van der Waals surface area contributed by atoms with E-state index in [9.17, 15) is 13.2 Å². The number of aryl methyl sites for hydroxylation is 3. The molecule has 1 atom stereocenters. The van der Waals surface area contributed by atoms with Crippen molar-refractivity contribution in [3.05, 3.63) is 59.2 Å². The molecule has 7 heteroatoms. The molecule has 2 aromatic rings. The topological polar surface area (TPSA) is 78.5 Å². The van der Waals surface area contributed by atoms with Crippen LogP contribution in [0.2, 0.25) is 0 Å². The highest BCUT2D eigenvalue weighted by Gasteiger charge is 2.35. The lowest BCUT2D eigenvalue weighted by Crippen LogP contribution is -2.45. The summed E-state index contributed by atoms with van der Waals surface area (Å²) >= 11 is 0. The molecule has 0 saturated carbocycles. The first-order valence-corrected chi connectivity index (χ1v) is 11.9. The first kappa shape index (κ1) is 22.3. The Bertz CT molecular complexity index is 967. The number of carbonyl (C=O) groups is 1. The molecule has 0 radical (unpaired) electrons. The maximum atomic E-state index is 13.5. The Morgan fingerprint density at radius 3 is 2.40 bits per heavy atom. The molecule has 1 aliphatic heterocycles. The van der Waals surface area contributed by atoms with E-state index in [2.05, 4.69) is 10.6 Å². The molecule has 30 heavy (non-hydrogen) atoms. The van der Waals surface area contributed by atoms with E-state index in [1.54, 1.807) is 4.31 Å². The van der Waals surface area contributed by atoms with Gasteiger partial charge < -0.3 is 10.6 Å². The summed E-state index contributed by atoms with van der Waals surface area (Å²) in [7, 11) is -3.58. The highest BCUT2D eigenvalue weighted by molar-refractivity contribution is 7.89. The minimum absolute atomic E-state index is 0.110. The van der Waals surface area contributed by atoms with Crippen LogP contribution in [-0.4, -0.2) is 37.9 Å². The zero-order valence-electron chi connectivity index (χ0n) is 17.9. The van der Waals surface area contributed by atoms with Crippen molar-refractivity contribution in [3.8, 4) is 0 Å². The SMILES string of the molecule is Cc1cc(C)c(S(=O)(=O)N2CCCC[C@H]2CCNC(=O)Nc2ccccc2)c(C)c1. The highest BCUT2D eigenvalue weighted by atomic mass is 32.2. The van der Waals surface area contributed by atoms with Gasteiger partial charge in [-0.3, -0.25) is 0 Å². The fourth-order valence-corrected chi connectivity index (χ4v) is 6.46. The van der Waals surface area contributed by atoms with E-state index < -0.39 is 10.0 Å². The lowest BCUT2D eigenvalue weighted by Gasteiger charge is -2.35. The van der Waals surface area contributed by atoms with Crippen LogP contribution in [-0.2, 0) is 10.0 Å². The van der Waals surface area contributed by atoms with Crippen molar-refractivity contribution in [1.29, 1.82) is 0 Å². The summed E-state index contributed by atoms with van der Waals surface area (Å²) in [6.07, 6.45) is 3.26. The van der Waals surface area contributed by atoms with E-state index in [4.69, 9.17) is 0 Å². The van der Waals surface area contributed by atoms with Gasteiger partial charge in [-0.2, -0.15) is 4.31 Å². The largest absolute Gasteiger partial charge is 0.338 e. The van der Waals surface area contributed by atoms with Crippen LogP contribution >= 0.6 is 0 Å². The van der Waals surface area contributed by atoms with Gasteiger partial charge >= 0.3 is 6.03 Å². The smallest absolute Gasteiger partial charge is 0.319 e. The van der Waals surface area contributed by atoms with E-state index in [0.717, 1.165) is 41.6 Å². The summed E-state index contributed by atoms with van der Waals surface area (Å²) in [5.41, 5.74) is 3.37. The van der Waals surface area contributed by atoms with Crippen molar-refractivity contribution < 1.29 is 13.2 Å². The second-order valence-electron chi connectivity index (χ2n) is 8.03. The summed E-state index contributed by atoms with van der Waals surface area (Å²) in [6, 6.07) is 12.7. The van der Waals surface area contributed by atoms with Crippen LogP contribution in [0.4, 0.5) is 10.5 Å². The van der Waals surface area contributed by atoms with E-state index >= 15 is 0 Å². The minimum atomic E-state index is -3.58. The van der Waals surface area contributed by atoms with Crippen molar-refractivity contribution in [2.75, 3.05) is 18.4 Å². The van der Waals surface area contributed by atoms with Crippen molar-refractivity contribution in [1.82, 2.24) is 9.62 Å². The number of piperidine rings is 1. The fraction of sp³-hybridized carbons (Fsp3) is 0.435. The lowest BCUT2D eigenvalue weighted by molar-refractivity contribution is 0.234. The number of rotatable bonds is 6. The third-order valence-corrected chi connectivity index (χ3v) is 7.80. The summed E-state index contributed by atoms with van der Waals surface area (Å²) in [4.78, 5) is 12.5. The van der Waals surface area contributed by atoms with E-state index in [1.807, 2.05) is 63.2 Å². The number of sulfonamides is 1. The average molecular weight is 430 g/mol. The molecule has 0 bridgehead atoms. The van der Waals surface area contributed by atoms with Crippen LogP contribution in [0, 0.1) is 20.8 Å². The van der Waals surface area contributed by atoms with Crippen molar-refractivity contribution in [2.45, 2.75) is 57.4 Å². The number of hydrogen-bond acceptors (Lipinski definition) is 3. The van der Waals surface area contributed by atoms with Gasteiger partial charge in [0.2, 0.25) is 10.0 Å². The Balaban J connectivity index is 1.67. The molecule has 2 aromatic carbocycles. The van der Waals surface area contributed by atoms with E-state index in [-0.39, 0.29) is 12.1 Å². The molecule has 0 aliphatic carbocycles. The molecule has 2 N–H and O–H groups in total. The molecule has 3 rings (SSSR count). The summed E-state index contributed by atoms with van der Waals surface area (Å²) in [5, 5.41) is 5.63. The van der Waals surface area contributed by atoms with Crippen molar-refractivity contribution in [3.63, 3.8) is 0 Å². The predicted molar refractivity (Wildman–Crippen MR) is 120 cm³/mol. The Labute approximate surface area is 179 Å². The maximum Gasteiger partial charge on any atom is 0.319 e. The van der Waals surface area contributed by atoms with Gasteiger partial charge in [0.25, 0.3) is 0 Å². The van der Waals surface area contributed by atoms with Gasteiger partial charge in [0.1, 0.15) is 0 Å². The first-order valence-electron chi connectivity index (χ1n) is 10.5. The number of carbonyl (C=O) groups excluding carboxylic acids is 1. The first-order chi connectivity index (χ1) is 14.3. The number of para-hydroxylation sites is 1. The molecule has 1 aliphatic rings. The molecule has 1 heterocycles. The number of nitrogens with zero attached hydrogens (tertiary/aromatic N) is 1. The number of amides is 2. The Morgan fingerprint density at radius 2 is 1.73 bits per heavy atom.